The summed E-state index contributed by atoms with van der Waals surface area (Å²) in [5.41, 5.74) is 0.242. The third-order valence-electron chi connectivity index (χ3n) is 3.67. The Morgan fingerprint density at radius 1 is 1.29 bits per heavy atom. The molecule has 5 nitrogen and oxygen atoms in total. The zero-order chi connectivity index (χ0) is 15.3. The fourth-order valence-corrected chi connectivity index (χ4v) is 2.49. The summed E-state index contributed by atoms with van der Waals surface area (Å²) in [4.78, 5) is 12.4. The van der Waals surface area contributed by atoms with E-state index in [1.54, 1.807) is 0 Å². The quantitative estimate of drug-likeness (QED) is 0.846. The van der Waals surface area contributed by atoms with Crippen LogP contribution < -0.4 is 20.1 Å². The molecule has 1 unspecified atom stereocenters. The number of benzene rings is 1. The molecule has 1 atom stereocenters. The standard InChI is InChI=1S/C16H24N2O3/c1-4-20-13-8-7-12(11-14(13)21-5-2)18-15(19)16(3)9-6-10-17-16/h7-8,11,17H,4-6,9-10H2,1-3H3,(H,18,19). The first-order chi connectivity index (χ1) is 10.1. The summed E-state index contributed by atoms with van der Waals surface area (Å²) in [5, 5.41) is 6.21. The second-order valence-corrected chi connectivity index (χ2v) is 5.34. The van der Waals surface area contributed by atoms with Crippen LogP contribution in [0.3, 0.4) is 0 Å². The van der Waals surface area contributed by atoms with Crippen molar-refractivity contribution < 1.29 is 14.3 Å². The number of rotatable bonds is 6. The van der Waals surface area contributed by atoms with Crippen molar-refractivity contribution in [3.05, 3.63) is 18.2 Å². The highest BCUT2D eigenvalue weighted by Gasteiger charge is 2.35. The van der Waals surface area contributed by atoms with Gasteiger partial charge in [0.2, 0.25) is 5.91 Å². The van der Waals surface area contributed by atoms with E-state index in [1.807, 2.05) is 39.0 Å². The smallest absolute Gasteiger partial charge is 0.244 e. The minimum atomic E-state index is -0.482. The van der Waals surface area contributed by atoms with E-state index in [4.69, 9.17) is 9.47 Å². The number of carbonyl (C=O) groups is 1. The number of hydrogen-bond donors (Lipinski definition) is 2. The van der Waals surface area contributed by atoms with Crippen LogP contribution >= 0.6 is 0 Å². The van der Waals surface area contributed by atoms with E-state index in [1.165, 1.54) is 0 Å². The molecule has 1 aliphatic rings. The molecule has 0 aromatic heterocycles. The fourth-order valence-electron chi connectivity index (χ4n) is 2.49. The van der Waals surface area contributed by atoms with Crippen molar-refractivity contribution in [1.29, 1.82) is 0 Å². The van der Waals surface area contributed by atoms with Crippen LogP contribution in [0, 0.1) is 0 Å². The first-order valence-electron chi connectivity index (χ1n) is 7.55. The highest BCUT2D eigenvalue weighted by atomic mass is 16.5. The third-order valence-corrected chi connectivity index (χ3v) is 3.67. The van der Waals surface area contributed by atoms with Crippen LogP contribution in [-0.4, -0.2) is 31.2 Å². The lowest BCUT2D eigenvalue weighted by molar-refractivity contribution is -0.121. The topological polar surface area (TPSA) is 59.6 Å². The molecule has 21 heavy (non-hydrogen) atoms. The van der Waals surface area contributed by atoms with Gasteiger partial charge < -0.3 is 20.1 Å². The van der Waals surface area contributed by atoms with Gasteiger partial charge in [0, 0.05) is 11.8 Å². The number of nitrogens with one attached hydrogen (secondary N) is 2. The Bertz CT molecular complexity index is 496. The zero-order valence-corrected chi connectivity index (χ0v) is 13.0. The SMILES string of the molecule is CCOc1ccc(NC(=O)C2(C)CCCN2)cc1OCC. The molecule has 5 heteroatoms. The van der Waals surface area contributed by atoms with Gasteiger partial charge in [-0.05, 0) is 52.3 Å². The van der Waals surface area contributed by atoms with Crippen molar-refractivity contribution in [3.63, 3.8) is 0 Å². The van der Waals surface area contributed by atoms with Gasteiger partial charge in [0.05, 0.1) is 18.8 Å². The maximum atomic E-state index is 12.4. The molecule has 2 N–H and O–H groups in total. The van der Waals surface area contributed by atoms with Crippen LogP contribution in [0.25, 0.3) is 0 Å². The molecular weight excluding hydrogens is 268 g/mol. The highest BCUT2D eigenvalue weighted by Crippen LogP contribution is 2.31. The Morgan fingerprint density at radius 3 is 2.62 bits per heavy atom. The minimum Gasteiger partial charge on any atom is -0.490 e. The molecule has 0 radical (unpaired) electrons. The summed E-state index contributed by atoms with van der Waals surface area (Å²) in [7, 11) is 0. The van der Waals surface area contributed by atoms with Gasteiger partial charge in [-0.1, -0.05) is 0 Å². The van der Waals surface area contributed by atoms with Gasteiger partial charge in [0.15, 0.2) is 11.5 Å². The Hall–Kier alpha value is -1.75. The van der Waals surface area contributed by atoms with E-state index in [2.05, 4.69) is 10.6 Å². The van der Waals surface area contributed by atoms with Gasteiger partial charge in [-0.25, -0.2) is 0 Å². The molecule has 1 aromatic rings. The molecule has 0 spiro atoms. The predicted octanol–water partition coefficient (Wildman–Crippen LogP) is 2.56. The molecule has 1 saturated heterocycles. The van der Waals surface area contributed by atoms with E-state index < -0.39 is 5.54 Å². The van der Waals surface area contributed by atoms with Gasteiger partial charge >= 0.3 is 0 Å². The molecule has 1 heterocycles. The van der Waals surface area contributed by atoms with Crippen LogP contribution in [0.1, 0.15) is 33.6 Å². The first-order valence-corrected chi connectivity index (χ1v) is 7.55. The van der Waals surface area contributed by atoms with Crippen LogP contribution in [0.5, 0.6) is 11.5 Å². The maximum absolute atomic E-state index is 12.4. The molecule has 2 rings (SSSR count). The number of carbonyl (C=O) groups excluding carboxylic acids is 1. The van der Waals surface area contributed by atoms with Crippen LogP contribution in [0.15, 0.2) is 18.2 Å². The fraction of sp³-hybridized carbons (Fsp3) is 0.562. The van der Waals surface area contributed by atoms with Gasteiger partial charge in [-0.15, -0.1) is 0 Å². The molecule has 0 bridgehead atoms. The van der Waals surface area contributed by atoms with E-state index in [0.717, 1.165) is 25.1 Å². The monoisotopic (exact) mass is 292 g/mol. The van der Waals surface area contributed by atoms with E-state index in [0.29, 0.717) is 24.7 Å². The van der Waals surface area contributed by atoms with Crippen LogP contribution in [-0.2, 0) is 4.79 Å². The number of amides is 1. The van der Waals surface area contributed by atoms with E-state index in [9.17, 15) is 4.79 Å². The third kappa shape index (κ3) is 3.67. The highest BCUT2D eigenvalue weighted by molar-refractivity contribution is 5.98. The molecule has 0 aliphatic carbocycles. The van der Waals surface area contributed by atoms with Gasteiger partial charge in [-0.2, -0.15) is 0 Å². The minimum absolute atomic E-state index is 0.00777. The molecule has 0 saturated carbocycles. The second kappa shape index (κ2) is 6.80. The van der Waals surface area contributed by atoms with Gasteiger partial charge in [-0.3, -0.25) is 4.79 Å². The molecule has 1 fully saturated rings. The van der Waals surface area contributed by atoms with Crippen molar-refractivity contribution in [2.24, 2.45) is 0 Å². The number of anilines is 1. The number of hydrogen-bond acceptors (Lipinski definition) is 4. The summed E-state index contributed by atoms with van der Waals surface area (Å²) < 4.78 is 11.1. The summed E-state index contributed by atoms with van der Waals surface area (Å²) in [6, 6.07) is 5.48. The van der Waals surface area contributed by atoms with Gasteiger partial charge in [0.25, 0.3) is 0 Å². The summed E-state index contributed by atoms with van der Waals surface area (Å²) in [5.74, 6) is 1.34. The van der Waals surface area contributed by atoms with Crippen molar-refractivity contribution >= 4 is 11.6 Å². The molecule has 1 aromatic carbocycles. The van der Waals surface area contributed by atoms with Crippen molar-refractivity contribution in [1.82, 2.24) is 5.32 Å². The molecule has 116 valence electrons. The lowest BCUT2D eigenvalue weighted by Crippen LogP contribution is -2.47. The summed E-state index contributed by atoms with van der Waals surface area (Å²) in [6.07, 6.45) is 1.88. The summed E-state index contributed by atoms with van der Waals surface area (Å²) in [6.45, 7) is 7.80. The van der Waals surface area contributed by atoms with Crippen molar-refractivity contribution in [2.45, 2.75) is 39.2 Å². The zero-order valence-electron chi connectivity index (χ0n) is 13.0. The summed E-state index contributed by atoms with van der Waals surface area (Å²) >= 11 is 0. The Kier molecular flexibility index (Phi) is 5.07. The molecular formula is C16H24N2O3. The largest absolute Gasteiger partial charge is 0.490 e. The average Bonchev–Trinajstić information content (AvgIpc) is 2.90. The Balaban J connectivity index is 2.12. The number of ether oxygens (including phenoxy) is 2. The predicted molar refractivity (Wildman–Crippen MR) is 83.1 cm³/mol. The Morgan fingerprint density at radius 2 is 2.00 bits per heavy atom. The normalized spacial score (nSPS) is 21.1. The van der Waals surface area contributed by atoms with E-state index >= 15 is 0 Å². The lowest BCUT2D eigenvalue weighted by atomic mass is 9.99. The van der Waals surface area contributed by atoms with Crippen LogP contribution in [0.2, 0.25) is 0 Å². The molecule has 1 aliphatic heterocycles. The van der Waals surface area contributed by atoms with Crippen molar-refractivity contribution in [3.8, 4) is 11.5 Å². The first kappa shape index (κ1) is 15.6. The average molecular weight is 292 g/mol. The second-order valence-electron chi connectivity index (χ2n) is 5.34. The van der Waals surface area contributed by atoms with Crippen LogP contribution in [0.4, 0.5) is 5.69 Å². The van der Waals surface area contributed by atoms with Gasteiger partial charge in [0.1, 0.15) is 0 Å². The van der Waals surface area contributed by atoms with Crippen molar-refractivity contribution in [2.75, 3.05) is 25.1 Å². The molecule has 1 amide bonds. The van der Waals surface area contributed by atoms with E-state index in [-0.39, 0.29) is 5.91 Å². The Labute approximate surface area is 126 Å². The lowest BCUT2D eigenvalue weighted by Gasteiger charge is -2.23. The maximum Gasteiger partial charge on any atom is 0.244 e.